The summed E-state index contributed by atoms with van der Waals surface area (Å²) in [6, 6.07) is 2.70. The SMILES string of the molecule is NC(=O)n1cccc1N. The third-order valence-corrected chi connectivity index (χ3v) is 1.02. The van der Waals surface area contributed by atoms with E-state index in [1.165, 1.54) is 10.8 Å². The first-order valence-electron chi connectivity index (χ1n) is 2.44. The van der Waals surface area contributed by atoms with Crippen LogP contribution in [0, 0.1) is 0 Å². The van der Waals surface area contributed by atoms with Crippen LogP contribution in [0.1, 0.15) is 0 Å². The molecule has 1 amide bonds. The Labute approximate surface area is 52.1 Å². The van der Waals surface area contributed by atoms with Gasteiger partial charge in [-0.1, -0.05) is 0 Å². The summed E-state index contributed by atoms with van der Waals surface area (Å²) in [6.45, 7) is 0. The van der Waals surface area contributed by atoms with Crippen LogP contribution in [0.25, 0.3) is 0 Å². The van der Waals surface area contributed by atoms with E-state index in [0.29, 0.717) is 5.82 Å². The van der Waals surface area contributed by atoms with Gasteiger partial charge in [-0.05, 0) is 12.1 Å². The van der Waals surface area contributed by atoms with Crippen LogP contribution >= 0.6 is 0 Å². The van der Waals surface area contributed by atoms with Crippen molar-refractivity contribution in [3.05, 3.63) is 18.3 Å². The molecule has 4 heteroatoms. The van der Waals surface area contributed by atoms with Crippen molar-refractivity contribution in [2.75, 3.05) is 5.73 Å². The second-order valence-corrected chi connectivity index (χ2v) is 1.64. The van der Waals surface area contributed by atoms with E-state index in [1.807, 2.05) is 0 Å². The monoisotopic (exact) mass is 125 g/mol. The Hall–Kier alpha value is -1.45. The first-order valence-corrected chi connectivity index (χ1v) is 2.44. The maximum atomic E-state index is 10.4. The second-order valence-electron chi connectivity index (χ2n) is 1.64. The Morgan fingerprint density at radius 2 is 2.33 bits per heavy atom. The number of carbonyl (C=O) groups is 1. The van der Waals surface area contributed by atoms with Gasteiger partial charge in [-0.2, -0.15) is 0 Å². The van der Waals surface area contributed by atoms with Crippen molar-refractivity contribution in [3.63, 3.8) is 0 Å². The van der Waals surface area contributed by atoms with Crippen molar-refractivity contribution in [2.45, 2.75) is 0 Å². The zero-order valence-electron chi connectivity index (χ0n) is 4.74. The minimum Gasteiger partial charge on any atom is -0.385 e. The van der Waals surface area contributed by atoms with Crippen molar-refractivity contribution >= 4 is 11.8 Å². The molecule has 9 heavy (non-hydrogen) atoms. The fourth-order valence-electron chi connectivity index (χ4n) is 0.595. The number of nitrogens with zero attached hydrogens (tertiary/aromatic N) is 1. The standard InChI is InChI=1S/C5H7N3O/c6-4-2-1-3-8(4)5(7)9/h1-3H,6H2,(H2,7,9). The van der Waals surface area contributed by atoms with Gasteiger partial charge in [0.05, 0.1) is 0 Å². The molecular weight excluding hydrogens is 118 g/mol. The van der Waals surface area contributed by atoms with Gasteiger partial charge in [0.25, 0.3) is 0 Å². The number of amides is 1. The molecule has 0 fully saturated rings. The Balaban J connectivity index is 3.08. The van der Waals surface area contributed by atoms with E-state index in [-0.39, 0.29) is 0 Å². The fraction of sp³-hybridized carbons (Fsp3) is 0. The van der Waals surface area contributed by atoms with Gasteiger partial charge in [0.2, 0.25) is 0 Å². The van der Waals surface area contributed by atoms with Gasteiger partial charge < -0.3 is 11.5 Å². The highest BCUT2D eigenvalue weighted by Gasteiger charge is 1.98. The molecule has 0 aliphatic carbocycles. The number of nitrogens with two attached hydrogens (primary N) is 2. The molecule has 0 spiro atoms. The van der Waals surface area contributed by atoms with Crippen LogP contribution in [-0.2, 0) is 0 Å². The lowest BCUT2D eigenvalue weighted by Crippen LogP contribution is -2.19. The number of anilines is 1. The minimum atomic E-state index is -0.558. The topological polar surface area (TPSA) is 74.0 Å². The summed E-state index contributed by atoms with van der Waals surface area (Å²) in [5.41, 5.74) is 10.2. The van der Waals surface area contributed by atoms with Crippen LogP contribution < -0.4 is 11.5 Å². The molecule has 4 nitrogen and oxygen atoms in total. The Bertz CT molecular complexity index is 228. The third kappa shape index (κ3) is 0.861. The highest BCUT2D eigenvalue weighted by molar-refractivity contribution is 5.78. The number of carbonyl (C=O) groups excluding carboxylic acids is 1. The average Bonchev–Trinajstić information content (AvgIpc) is 2.13. The first kappa shape index (κ1) is 5.68. The number of hydrogen-bond acceptors (Lipinski definition) is 2. The average molecular weight is 125 g/mol. The predicted molar refractivity (Wildman–Crippen MR) is 33.8 cm³/mol. The highest BCUT2D eigenvalue weighted by Crippen LogP contribution is 2.00. The molecule has 1 rings (SSSR count). The highest BCUT2D eigenvalue weighted by atomic mass is 16.2. The van der Waals surface area contributed by atoms with E-state index in [1.54, 1.807) is 12.1 Å². The van der Waals surface area contributed by atoms with E-state index >= 15 is 0 Å². The zero-order valence-corrected chi connectivity index (χ0v) is 4.74. The van der Waals surface area contributed by atoms with E-state index in [9.17, 15) is 4.79 Å². The molecule has 0 aliphatic rings. The summed E-state index contributed by atoms with van der Waals surface area (Å²) in [6.07, 6.45) is 1.51. The van der Waals surface area contributed by atoms with Gasteiger partial charge in [0.1, 0.15) is 5.82 Å². The fourth-order valence-corrected chi connectivity index (χ4v) is 0.595. The molecule has 0 unspecified atom stereocenters. The van der Waals surface area contributed by atoms with Crippen molar-refractivity contribution in [2.24, 2.45) is 5.73 Å². The molecule has 0 aliphatic heterocycles. The largest absolute Gasteiger partial charge is 0.385 e. The van der Waals surface area contributed by atoms with Crippen LogP contribution in [-0.4, -0.2) is 10.6 Å². The number of primary amides is 1. The normalized spacial score (nSPS) is 9.33. The maximum Gasteiger partial charge on any atom is 0.324 e. The Morgan fingerprint density at radius 1 is 1.67 bits per heavy atom. The number of rotatable bonds is 0. The molecule has 1 aromatic heterocycles. The van der Waals surface area contributed by atoms with Crippen LogP contribution in [0.3, 0.4) is 0 Å². The van der Waals surface area contributed by atoms with Crippen LogP contribution in [0.2, 0.25) is 0 Å². The summed E-state index contributed by atoms with van der Waals surface area (Å²) in [7, 11) is 0. The summed E-state index contributed by atoms with van der Waals surface area (Å²) in [5, 5.41) is 0. The molecule has 0 atom stereocenters. The van der Waals surface area contributed by atoms with E-state index in [4.69, 9.17) is 11.5 Å². The van der Waals surface area contributed by atoms with Crippen LogP contribution in [0.4, 0.5) is 10.6 Å². The Kier molecular flexibility index (Phi) is 1.14. The second kappa shape index (κ2) is 1.81. The summed E-state index contributed by atoms with van der Waals surface area (Å²) in [5.74, 6) is 0.363. The number of aromatic nitrogens is 1. The summed E-state index contributed by atoms with van der Waals surface area (Å²) >= 11 is 0. The molecule has 0 radical (unpaired) electrons. The molecular formula is C5H7N3O. The van der Waals surface area contributed by atoms with Gasteiger partial charge in [0, 0.05) is 6.20 Å². The van der Waals surface area contributed by atoms with Gasteiger partial charge in [-0.25, -0.2) is 4.79 Å². The lowest BCUT2D eigenvalue weighted by atomic mass is 10.6. The van der Waals surface area contributed by atoms with Gasteiger partial charge in [0.15, 0.2) is 0 Å². The van der Waals surface area contributed by atoms with Crippen molar-refractivity contribution < 1.29 is 4.79 Å². The van der Waals surface area contributed by atoms with Crippen molar-refractivity contribution in [1.29, 1.82) is 0 Å². The van der Waals surface area contributed by atoms with Gasteiger partial charge in [-0.15, -0.1) is 0 Å². The summed E-state index contributed by atoms with van der Waals surface area (Å²) in [4.78, 5) is 10.4. The van der Waals surface area contributed by atoms with E-state index in [2.05, 4.69) is 0 Å². The minimum absolute atomic E-state index is 0.363. The number of hydrogen-bond donors (Lipinski definition) is 2. The lowest BCUT2D eigenvalue weighted by Gasteiger charge is -1.95. The molecule has 4 N–H and O–H groups in total. The van der Waals surface area contributed by atoms with Crippen LogP contribution in [0.5, 0.6) is 0 Å². The molecule has 0 saturated heterocycles. The zero-order chi connectivity index (χ0) is 6.85. The van der Waals surface area contributed by atoms with Crippen molar-refractivity contribution in [3.8, 4) is 0 Å². The smallest absolute Gasteiger partial charge is 0.324 e. The molecule has 0 aromatic carbocycles. The molecule has 0 saturated carbocycles. The summed E-state index contributed by atoms with van der Waals surface area (Å²) < 4.78 is 1.17. The lowest BCUT2D eigenvalue weighted by molar-refractivity contribution is 0.251. The van der Waals surface area contributed by atoms with Gasteiger partial charge in [-0.3, -0.25) is 4.57 Å². The molecule has 1 aromatic rings. The van der Waals surface area contributed by atoms with Crippen LogP contribution in [0.15, 0.2) is 18.3 Å². The first-order chi connectivity index (χ1) is 4.22. The Morgan fingerprint density at radius 3 is 2.56 bits per heavy atom. The van der Waals surface area contributed by atoms with Crippen molar-refractivity contribution in [1.82, 2.24) is 4.57 Å². The maximum absolute atomic E-state index is 10.4. The van der Waals surface area contributed by atoms with Gasteiger partial charge >= 0.3 is 6.03 Å². The van der Waals surface area contributed by atoms with E-state index < -0.39 is 6.03 Å². The van der Waals surface area contributed by atoms with E-state index in [0.717, 1.165) is 0 Å². The third-order valence-electron chi connectivity index (χ3n) is 1.02. The molecule has 48 valence electrons. The molecule has 0 bridgehead atoms. The predicted octanol–water partition coefficient (Wildman–Crippen LogP) is -0.00290. The quantitative estimate of drug-likeness (QED) is 0.512. The number of nitrogen functional groups attached to an aromatic ring is 1. The molecule has 1 heterocycles.